The molecule has 0 amide bonds. The van der Waals surface area contributed by atoms with Crippen molar-refractivity contribution in [3.63, 3.8) is 0 Å². The van der Waals surface area contributed by atoms with Crippen molar-refractivity contribution >= 4 is 33.5 Å². The van der Waals surface area contributed by atoms with Gasteiger partial charge in [-0.3, -0.25) is 4.79 Å². The minimum Gasteiger partial charge on any atom is -0.478 e. The molecule has 2 heterocycles. The van der Waals surface area contributed by atoms with Gasteiger partial charge in [0.2, 0.25) is 0 Å². The second-order valence-corrected chi connectivity index (χ2v) is 5.93. The van der Waals surface area contributed by atoms with Crippen LogP contribution in [0.5, 0.6) is 0 Å². The van der Waals surface area contributed by atoms with Crippen molar-refractivity contribution in [3.8, 4) is 0 Å². The molecule has 25 heavy (non-hydrogen) atoms. The molecule has 3 rings (SSSR count). The number of aromatic nitrogens is 2. The zero-order valence-corrected chi connectivity index (χ0v) is 14.3. The summed E-state index contributed by atoms with van der Waals surface area (Å²) in [4.78, 5) is 31.5. The molecule has 4 N–H and O–H groups in total. The lowest BCUT2D eigenvalue weighted by atomic mass is 10.1. The SMILES string of the molecule is CCN(CC)CCNc1c[nH]c(=O)c2[nH]c3ccc(C(=O)O)cc3c12. The summed E-state index contributed by atoms with van der Waals surface area (Å²) >= 11 is 0. The Labute approximate surface area is 144 Å². The number of likely N-dealkylation sites (N-methyl/N-ethyl adjacent to an activating group) is 1. The highest BCUT2D eigenvalue weighted by atomic mass is 16.4. The lowest BCUT2D eigenvalue weighted by Crippen LogP contribution is -2.28. The molecule has 0 unspecified atom stereocenters. The molecular weight excluding hydrogens is 320 g/mol. The van der Waals surface area contributed by atoms with Crippen LogP contribution >= 0.6 is 0 Å². The molecule has 2 aromatic heterocycles. The molecule has 0 spiro atoms. The number of carboxylic acids is 1. The first-order valence-electron chi connectivity index (χ1n) is 8.41. The lowest BCUT2D eigenvalue weighted by molar-refractivity contribution is 0.0697. The van der Waals surface area contributed by atoms with Gasteiger partial charge in [0.15, 0.2) is 0 Å². The number of nitrogens with zero attached hydrogens (tertiary/aromatic N) is 1. The number of hydrogen-bond donors (Lipinski definition) is 4. The maximum Gasteiger partial charge on any atom is 0.335 e. The van der Waals surface area contributed by atoms with Crippen molar-refractivity contribution in [2.45, 2.75) is 13.8 Å². The van der Waals surface area contributed by atoms with Crippen molar-refractivity contribution in [2.75, 3.05) is 31.5 Å². The van der Waals surface area contributed by atoms with Gasteiger partial charge in [-0.15, -0.1) is 0 Å². The van der Waals surface area contributed by atoms with Crippen LogP contribution in [0.2, 0.25) is 0 Å². The third-order valence-electron chi connectivity index (χ3n) is 4.53. The van der Waals surface area contributed by atoms with Crippen LogP contribution in [0.1, 0.15) is 24.2 Å². The number of H-pyrrole nitrogens is 2. The van der Waals surface area contributed by atoms with Gasteiger partial charge in [0.1, 0.15) is 5.52 Å². The zero-order chi connectivity index (χ0) is 18.0. The minimum absolute atomic E-state index is 0.197. The third kappa shape index (κ3) is 3.23. The molecule has 0 saturated heterocycles. The number of benzene rings is 1. The summed E-state index contributed by atoms with van der Waals surface area (Å²) in [5.74, 6) is -0.989. The lowest BCUT2D eigenvalue weighted by Gasteiger charge is -2.18. The van der Waals surface area contributed by atoms with Gasteiger partial charge in [0, 0.05) is 35.6 Å². The van der Waals surface area contributed by atoms with E-state index < -0.39 is 5.97 Å². The van der Waals surface area contributed by atoms with Crippen LogP contribution in [0.25, 0.3) is 21.8 Å². The number of rotatable bonds is 7. The van der Waals surface area contributed by atoms with E-state index in [0.29, 0.717) is 5.52 Å². The van der Waals surface area contributed by atoms with E-state index in [-0.39, 0.29) is 11.1 Å². The highest BCUT2D eigenvalue weighted by molar-refractivity contribution is 6.14. The maximum absolute atomic E-state index is 12.2. The first-order chi connectivity index (χ1) is 12.0. The van der Waals surface area contributed by atoms with E-state index in [0.717, 1.165) is 48.2 Å². The Morgan fingerprint density at radius 3 is 2.72 bits per heavy atom. The predicted octanol–water partition coefficient (Wildman–Crippen LogP) is 2.46. The summed E-state index contributed by atoms with van der Waals surface area (Å²) in [5, 5.41) is 14.0. The van der Waals surface area contributed by atoms with Gasteiger partial charge in [-0.25, -0.2) is 4.79 Å². The van der Waals surface area contributed by atoms with Gasteiger partial charge < -0.3 is 25.3 Å². The number of fused-ring (bicyclic) bond motifs is 3. The van der Waals surface area contributed by atoms with Gasteiger partial charge in [-0.05, 0) is 31.3 Å². The molecule has 1 aromatic carbocycles. The van der Waals surface area contributed by atoms with E-state index >= 15 is 0 Å². The van der Waals surface area contributed by atoms with Gasteiger partial charge in [0.25, 0.3) is 5.56 Å². The molecule has 132 valence electrons. The normalized spacial score (nSPS) is 11.5. The Kier molecular flexibility index (Phi) is 4.76. The van der Waals surface area contributed by atoms with Crippen molar-refractivity contribution in [1.29, 1.82) is 0 Å². The smallest absolute Gasteiger partial charge is 0.335 e. The number of aromatic amines is 2. The van der Waals surface area contributed by atoms with Crippen molar-refractivity contribution in [3.05, 3.63) is 40.3 Å². The summed E-state index contributed by atoms with van der Waals surface area (Å²) in [6.45, 7) is 7.82. The minimum atomic E-state index is -0.989. The van der Waals surface area contributed by atoms with Crippen LogP contribution in [0.15, 0.2) is 29.2 Å². The fraction of sp³-hybridized carbons (Fsp3) is 0.333. The van der Waals surface area contributed by atoms with Crippen LogP contribution < -0.4 is 10.9 Å². The van der Waals surface area contributed by atoms with Crippen molar-refractivity contribution in [2.24, 2.45) is 0 Å². The topological polar surface area (TPSA) is 101 Å². The molecule has 0 aliphatic heterocycles. The van der Waals surface area contributed by atoms with E-state index in [1.807, 2.05) is 0 Å². The molecule has 0 aliphatic carbocycles. The number of nitrogens with one attached hydrogen (secondary N) is 3. The summed E-state index contributed by atoms with van der Waals surface area (Å²) in [6.07, 6.45) is 1.65. The Hall–Kier alpha value is -2.80. The van der Waals surface area contributed by atoms with Crippen LogP contribution in [0.3, 0.4) is 0 Å². The molecule has 0 atom stereocenters. The molecule has 0 radical (unpaired) electrons. The molecule has 0 aliphatic rings. The first-order valence-corrected chi connectivity index (χ1v) is 8.41. The molecule has 0 saturated carbocycles. The predicted molar refractivity (Wildman–Crippen MR) is 99.7 cm³/mol. The Balaban J connectivity index is 2.04. The van der Waals surface area contributed by atoms with Crippen LogP contribution in [-0.2, 0) is 0 Å². The quantitative estimate of drug-likeness (QED) is 0.528. The molecule has 0 bridgehead atoms. The average molecular weight is 342 g/mol. The van der Waals surface area contributed by atoms with Crippen molar-refractivity contribution in [1.82, 2.24) is 14.9 Å². The maximum atomic E-state index is 12.2. The van der Waals surface area contributed by atoms with Crippen LogP contribution in [0.4, 0.5) is 5.69 Å². The molecule has 7 nitrogen and oxygen atoms in total. The summed E-state index contributed by atoms with van der Waals surface area (Å²) in [5.41, 5.74) is 1.95. The number of pyridine rings is 1. The van der Waals surface area contributed by atoms with Crippen LogP contribution in [-0.4, -0.2) is 52.1 Å². The van der Waals surface area contributed by atoms with Gasteiger partial charge in [-0.2, -0.15) is 0 Å². The van der Waals surface area contributed by atoms with Gasteiger partial charge >= 0.3 is 5.97 Å². The van der Waals surface area contributed by atoms with Crippen molar-refractivity contribution < 1.29 is 9.90 Å². The van der Waals surface area contributed by atoms with Crippen LogP contribution in [0, 0.1) is 0 Å². The number of carboxylic acid groups (broad SMARTS) is 1. The monoisotopic (exact) mass is 342 g/mol. The third-order valence-corrected chi connectivity index (χ3v) is 4.53. The van der Waals surface area contributed by atoms with E-state index in [4.69, 9.17) is 0 Å². The Morgan fingerprint density at radius 2 is 2.04 bits per heavy atom. The van der Waals surface area contributed by atoms with E-state index in [1.54, 1.807) is 18.3 Å². The second-order valence-electron chi connectivity index (χ2n) is 5.93. The number of hydrogen-bond acceptors (Lipinski definition) is 4. The van der Waals surface area contributed by atoms with Gasteiger partial charge in [-0.1, -0.05) is 13.8 Å². The number of carbonyl (C=O) groups is 1. The highest BCUT2D eigenvalue weighted by Crippen LogP contribution is 2.29. The second kappa shape index (κ2) is 6.98. The molecular formula is C18H22N4O3. The largest absolute Gasteiger partial charge is 0.478 e. The number of anilines is 1. The Morgan fingerprint density at radius 1 is 1.28 bits per heavy atom. The zero-order valence-electron chi connectivity index (χ0n) is 14.3. The number of aromatic carboxylic acids is 1. The average Bonchev–Trinajstić information content (AvgIpc) is 3.00. The van der Waals surface area contributed by atoms with E-state index in [9.17, 15) is 14.7 Å². The highest BCUT2D eigenvalue weighted by Gasteiger charge is 2.14. The summed E-state index contributed by atoms with van der Waals surface area (Å²) in [7, 11) is 0. The summed E-state index contributed by atoms with van der Waals surface area (Å²) in [6, 6.07) is 4.82. The first kappa shape index (κ1) is 17.0. The van der Waals surface area contributed by atoms with E-state index in [1.165, 1.54) is 6.07 Å². The molecule has 7 heteroatoms. The molecule has 3 aromatic rings. The molecule has 0 fully saturated rings. The van der Waals surface area contributed by atoms with Gasteiger partial charge in [0.05, 0.1) is 11.3 Å². The fourth-order valence-electron chi connectivity index (χ4n) is 3.09. The summed E-state index contributed by atoms with van der Waals surface area (Å²) < 4.78 is 0. The standard InChI is InChI=1S/C18H22N4O3/c1-3-22(4-2)8-7-19-14-10-20-17(23)16-15(14)12-9-11(18(24)25)5-6-13(12)21-16/h5-6,9-10,19,21H,3-4,7-8H2,1-2H3,(H,20,23)(H,24,25). The Bertz CT molecular complexity index is 970. The fourth-order valence-corrected chi connectivity index (χ4v) is 3.09. The van der Waals surface area contributed by atoms with E-state index in [2.05, 4.69) is 34.0 Å².